The highest BCUT2D eigenvalue weighted by Crippen LogP contribution is 2.44. The van der Waals surface area contributed by atoms with Gasteiger partial charge in [0, 0.05) is 16.7 Å². The average molecular weight is 403 g/mol. The Hall–Kier alpha value is -2.98. The number of hydrogen-bond acceptors (Lipinski definition) is 3. The fourth-order valence-corrected chi connectivity index (χ4v) is 4.96. The second-order valence-electron chi connectivity index (χ2n) is 7.91. The number of carbonyl (C=O) groups excluding carboxylic acids is 1. The van der Waals surface area contributed by atoms with Crippen molar-refractivity contribution in [3.05, 3.63) is 95.6 Å². The van der Waals surface area contributed by atoms with Crippen LogP contribution in [0.3, 0.4) is 0 Å². The average Bonchev–Trinajstić information content (AvgIpc) is 2.99. The Morgan fingerprint density at radius 1 is 0.862 bits per heavy atom. The molecule has 0 saturated heterocycles. The van der Waals surface area contributed by atoms with Crippen LogP contribution < -0.4 is 4.74 Å². The van der Waals surface area contributed by atoms with Gasteiger partial charge in [-0.15, -0.1) is 0 Å². The molecule has 0 aliphatic carbocycles. The molecule has 1 aliphatic heterocycles. The lowest BCUT2D eigenvalue weighted by Gasteiger charge is -2.21. The molecular formula is C25H22O3S. The van der Waals surface area contributed by atoms with Crippen LogP contribution in [0.15, 0.2) is 83.8 Å². The number of carbonyl (C=O) groups is 1. The zero-order valence-corrected chi connectivity index (χ0v) is 17.5. The highest BCUT2D eigenvalue weighted by molar-refractivity contribution is 7.95. The molecule has 1 atom stereocenters. The number of fused-ring (bicyclic) bond motifs is 1. The molecule has 0 saturated carbocycles. The Labute approximate surface area is 173 Å². The molecule has 1 aliphatic rings. The van der Waals surface area contributed by atoms with Gasteiger partial charge in [0.2, 0.25) is 0 Å². The number of allylic oxidation sites excluding steroid dienone is 1. The van der Waals surface area contributed by atoms with E-state index in [9.17, 15) is 9.00 Å². The molecule has 0 radical (unpaired) electrons. The second-order valence-corrected chi connectivity index (χ2v) is 9.29. The van der Waals surface area contributed by atoms with E-state index in [0.29, 0.717) is 32.3 Å². The summed E-state index contributed by atoms with van der Waals surface area (Å²) < 4.78 is 19.5. The molecule has 1 heterocycles. The second kappa shape index (κ2) is 7.45. The van der Waals surface area contributed by atoms with E-state index in [-0.39, 0.29) is 11.4 Å². The first-order valence-corrected chi connectivity index (χ1v) is 10.6. The van der Waals surface area contributed by atoms with E-state index >= 15 is 0 Å². The van der Waals surface area contributed by atoms with E-state index < -0.39 is 10.8 Å². The first-order chi connectivity index (χ1) is 13.8. The van der Waals surface area contributed by atoms with Crippen molar-refractivity contribution in [2.24, 2.45) is 0 Å². The largest absolute Gasteiger partial charge is 0.488 e. The van der Waals surface area contributed by atoms with Crippen LogP contribution in [0.2, 0.25) is 0 Å². The summed E-state index contributed by atoms with van der Waals surface area (Å²) >= 11 is 0. The monoisotopic (exact) mass is 402 g/mol. The standard InChI is InChI=1S/C25H22O3S/c1-25(2,3)28-19-14-15-20-21(16-19)29(27)24(18-12-8-5-9-13-18)22(20)23(26)17-10-6-4-7-11-17/h4-16H,1-3H3. The molecule has 0 N–H and O–H groups in total. The predicted octanol–water partition coefficient (Wildman–Crippen LogP) is 5.74. The summed E-state index contributed by atoms with van der Waals surface area (Å²) in [5.74, 6) is 0.520. The van der Waals surface area contributed by atoms with E-state index in [4.69, 9.17) is 4.74 Å². The molecule has 4 rings (SSSR count). The van der Waals surface area contributed by atoms with Crippen LogP contribution in [0, 0.1) is 0 Å². The lowest BCUT2D eigenvalue weighted by Crippen LogP contribution is -2.23. The van der Waals surface area contributed by atoms with Crippen LogP contribution in [-0.4, -0.2) is 15.6 Å². The summed E-state index contributed by atoms with van der Waals surface area (Å²) in [6, 6.07) is 24.1. The van der Waals surface area contributed by atoms with Gasteiger partial charge in [-0.1, -0.05) is 60.7 Å². The molecule has 29 heavy (non-hydrogen) atoms. The Kier molecular flexibility index (Phi) is 4.97. The Balaban J connectivity index is 1.89. The minimum Gasteiger partial charge on any atom is -0.488 e. The molecule has 0 fully saturated rings. The van der Waals surface area contributed by atoms with Crippen molar-refractivity contribution in [1.29, 1.82) is 0 Å². The molecule has 0 aromatic heterocycles. The van der Waals surface area contributed by atoms with Gasteiger partial charge in [0.1, 0.15) is 11.4 Å². The molecule has 4 heteroatoms. The summed E-state index contributed by atoms with van der Waals surface area (Å²) in [5.41, 5.74) is 2.21. The Morgan fingerprint density at radius 2 is 1.48 bits per heavy atom. The van der Waals surface area contributed by atoms with Gasteiger partial charge >= 0.3 is 0 Å². The molecule has 0 spiro atoms. The highest BCUT2D eigenvalue weighted by atomic mass is 32.2. The maximum absolute atomic E-state index is 13.5. The number of ether oxygens (including phenoxy) is 1. The number of hydrogen-bond donors (Lipinski definition) is 0. The molecule has 0 amide bonds. The number of ketones is 1. The smallest absolute Gasteiger partial charge is 0.194 e. The Morgan fingerprint density at radius 3 is 2.10 bits per heavy atom. The van der Waals surface area contributed by atoms with Crippen molar-refractivity contribution in [2.45, 2.75) is 31.3 Å². The highest BCUT2D eigenvalue weighted by Gasteiger charge is 2.34. The van der Waals surface area contributed by atoms with Gasteiger partial charge in [-0.05, 0) is 44.5 Å². The third-order valence-corrected chi connectivity index (χ3v) is 6.11. The molecular weight excluding hydrogens is 380 g/mol. The van der Waals surface area contributed by atoms with E-state index in [1.54, 1.807) is 18.2 Å². The third kappa shape index (κ3) is 3.81. The normalized spacial score (nSPS) is 15.9. The van der Waals surface area contributed by atoms with Crippen molar-refractivity contribution >= 4 is 27.1 Å². The van der Waals surface area contributed by atoms with E-state index in [1.807, 2.05) is 81.4 Å². The topological polar surface area (TPSA) is 43.4 Å². The fourth-order valence-electron chi connectivity index (χ4n) is 3.40. The Bertz CT molecular complexity index is 1120. The lowest BCUT2D eigenvalue weighted by atomic mass is 9.94. The van der Waals surface area contributed by atoms with Gasteiger partial charge in [-0.3, -0.25) is 4.79 Å². The number of Topliss-reactive ketones (excluding diaryl/α,β-unsaturated/α-hetero) is 1. The summed E-state index contributed by atoms with van der Waals surface area (Å²) in [5, 5.41) is 0. The summed E-state index contributed by atoms with van der Waals surface area (Å²) in [6.45, 7) is 5.90. The van der Waals surface area contributed by atoms with Crippen LogP contribution in [0.1, 0.15) is 42.3 Å². The molecule has 1 unspecified atom stereocenters. The van der Waals surface area contributed by atoms with Crippen molar-refractivity contribution in [2.75, 3.05) is 0 Å². The SMILES string of the molecule is CC(C)(C)Oc1ccc2c(c1)S(=O)C(c1ccccc1)=C2C(=O)c1ccccc1. The molecule has 0 bridgehead atoms. The first kappa shape index (κ1) is 19.3. The van der Waals surface area contributed by atoms with Gasteiger partial charge in [0.15, 0.2) is 5.78 Å². The summed E-state index contributed by atoms with van der Waals surface area (Å²) in [4.78, 5) is 14.6. The van der Waals surface area contributed by atoms with Gasteiger partial charge in [0.05, 0.1) is 20.6 Å². The minimum atomic E-state index is -1.47. The lowest BCUT2D eigenvalue weighted by molar-refractivity contribution is 0.105. The van der Waals surface area contributed by atoms with E-state index in [1.165, 1.54) is 0 Å². The summed E-state index contributed by atoms with van der Waals surface area (Å²) in [7, 11) is -1.47. The third-order valence-electron chi connectivity index (χ3n) is 4.56. The zero-order chi connectivity index (χ0) is 20.6. The van der Waals surface area contributed by atoms with Crippen LogP contribution in [0.4, 0.5) is 0 Å². The quantitative estimate of drug-likeness (QED) is 0.523. The molecule has 3 nitrogen and oxygen atoms in total. The number of rotatable bonds is 4. The van der Waals surface area contributed by atoms with Gasteiger partial charge in [0.25, 0.3) is 0 Å². The van der Waals surface area contributed by atoms with Gasteiger partial charge in [-0.2, -0.15) is 0 Å². The fraction of sp³-hybridized carbons (Fsp3) is 0.160. The van der Waals surface area contributed by atoms with Crippen molar-refractivity contribution in [1.82, 2.24) is 0 Å². The predicted molar refractivity (Wildman–Crippen MR) is 117 cm³/mol. The minimum absolute atomic E-state index is 0.124. The van der Waals surface area contributed by atoms with Crippen LogP contribution in [0.5, 0.6) is 5.75 Å². The molecule has 3 aromatic rings. The molecule has 3 aromatic carbocycles. The molecule has 146 valence electrons. The maximum Gasteiger partial charge on any atom is 0.194 e. The van der Waals surface area contributed by atoms with E-state index in [0.717, 1.165) is 5.56 Å². The van der Waals surface area contributed by atoms with Gasteiger partial charge < -0.3 is 4.74 Å². The van der Waals surface area contributed by atoms with Crippen molar-refractivity contribution in [3.63, 3.8) is 0 Å². The van der Waals surface area contributed by atoms with Crippen LogP contribution in [-0.2, 0) is 10.8 Å². The first-order valence-electron chi connectivity index (χ1n) is 9.50. The maximum atomic E-state index is 13.5. The van der Waals surface area contributed by atoms with Gasteiger partial charge in [-0.25, -0.2) is 4.21 Å². The van der Waals surface area contributed by atoms with Crippen LogP contribution in [0.25, 0.3) is 10.5 Å². The van der Waals surface area contributed by atoms with Crippen LogP contribution >= 0.6 is 0 Å². The van der Waals surface area contributed by atoms with E-state index in [2.05, 4.69) is 0 Å². The zero-order valence-electron chi connectivity index (χ0n) is 16.6. The van der Waals surface area contributed by atoms with Crippen molar-refractivity contribution in [3.8, 4) is 5.75 Å². The van der Waals surface area contributed by atoms with Crippen molar-refractivity contribution < 1.29 is 13.7 Å². The summed E-state index contributed by atoms with van der Waals surface area (Å²) in [6.07, 6.45) is 0. The number of benzene rings is 3.